The van der Waals surface area contributed by atoms with Gasteiger partial charge in [-0.3, -0.25) is 4.79 Å². The molecule has 3 heteroatoms. The predicted octanol–water partition coefficient (Wildman–Crippen LogP) is 2.73. The van der Waals surface area contributed by atoms with Crippen molar-refractivity contribution >= 4 is 11.6 Å². The van der Waals surface area contributed by atoms with Crippen LogP contribution < -0.4 is 10.2 Å². The molecule has 98 valence electrons. The Kier molecular flexibility index (Phi) is 3.44. The van der Waals surface area contributed by atoms with E-state index in [-0.39, 0.29) is 17.4 Å². The summed E-state index contributed by atoms with van der Waals surface area (Å²) in [6.07, 6.45) is 1.00. The molecule has 0 saturated carbocycles. The number of likely N-dealkylation sites (N-methyl/N-ethyl adjacent to an activating group) is 1. The molecule has 1 unspecified atom stereocenters. The van der Waals surface area contributed by atoms with Gasteiger partial charge in [-0.2, -0.15) is 0 Å². The average molecular weight is 246 g/mol. The molecular formula is C15H22N2O. The Morgan fingerprint density at radius 3 is 2.56 bits per heavy atom. The zero-order chi connectivity index (χ0) is 13.3. The van der Waals surface area contributed by atoms with Crippen molar-refractivity contribution in [1.82, 2.24) is 5.32 Å². The number of hydrogen-bond donors (Lipinski definition) is 1. The molecule has 2 rings (SSSR count). The molecule has 1 aliphatic heterocycles. The van der Waals surface area contributed by atoms with Crippen molar-refractivity contribution in [2.75, 3.05) is 18.5 Å². The van der Waals surface area contributed by atoms with Gasteiger partial charge in [0.2, 0.25) is 5.91 Å². The molecule has 0 bridgehead atoms. The lowest BCUT2D eigenvalue weighted by atomic mass is 9.92. The van der Waals surface area contributed by atoms with Gasteiger partial charge in [0.05, 0.1) is 0 Å². The predicted molar refractivity (Wildman–Crippen MR) is 74.7 cm³/mol. The van der Waals surface area contributed by atoms with Gasteiger partial charge >= 0.3 is 0 Å². The highest BCUT2D eigenvalue weighted by Crippen LogP contribution is 2.36. The molecule has 1 atom stereocenters. The average Bonchev–Trinajstić information content (AvgIpc) is 2.57. The molecular weight excluding hydrogens is 224 g/mol. The fraction of sp³-hybridized carbons (Fsp3) is 0.533. The van der Waals surface area contributed by atoms with Crippen LogP contribution in [0.3, 0.4) is 0 Å². The highest BCUT2D eigenvalue weighted by atomic mass is 16.2. The van der Waals surface area contributed by atoms with Crippen LogP contribution in [0.25, 0.3) is 0 Å². The number of nitrogens with one attached hydrogen (secondary N) is 1. The Labute approximate surface area is 109 Å². The fourth-order valence-corrected chi connectivity index (χ4v) is 2.34. The fourth-order valence-electron chi connectivity index (χ4n) is 2.34. The third-order valence-electron chi connectivity index (χ3n) is 3.43. The van der Waals surface area contributed by atoms with Gasteiger partial charge in [0.25, 0.3) is 0 Å². The van der Waals surface area contributed by atoms with E-state index in [2.05, 4.69) is 26.1 Å². The summed E-state index contributed by atoms with van der Waals surface area (Å²) >= 11 is 0. The number of para-hydroxylation sites is 1. The van der Waals surface area contributed by atoms with Crippen molar-refractivity contribution < 1.29 is 4.79 Å². The van der Waals surface area contributed by atoms with E-state index in [0.717, 1.165) is 24.2 Å². The lowest BCUT2D eigenvalue weighted by molar-refractivity contribution is -0.119. The van der Waals surface area contributed by atoms with Crippen LogP contribution in [-0.2, 0) is 4.79 Å². The second-order valence-corrected chi connectivity index (χ2v) is 6.08. The van der Waals surface area contributed by atoms with E-state index in [0.29, 0.717) is 0 Å². The number of hydrogen-bond acceptors (Lipinski definition) is 2. The first-order valence-electron chi connectivity index (χ1n) is 6.51. The number of fused-ring (bicyclic) bond motifs is 1. The maximum absolute atomic E-state index is 12.4. The zero-order valence-corrected chi connectivity index (χ0v) is 11.7. The monoisotopic (exact) mass is 246 g/mol. The number of nitrogens with zero attached hydrogens (tertiary/aromatic N) is 1. The minimum Gasteiger partial charge on any atom is -0.310 e. The van der Waals surface area contributed by atoms with E-state index < -0.39 is 0 Å². The third-order valence-corrected chi connectivity index (χ3v) is 3.43. The number of rotatable bonds is 3. The molecule has 0 aromatic heterocycles. The summed E-state index contributed by atoms with van der Waals surface area (Å²) in [5.41, 5.74) is 2.40. The Balaban J connectivity index is 2.24. The largest absolute Gasteiger partial charge is 0.310 e. The van der Waals surface area contributed by atoms with Crippen LogP contribution >= 0.6 is 0 Å². The number of carbonyl (C=O) groups is 1. The quantitative estimate of drug-likeness (QED) is 0.889. The summed E-state index contributed by atoms with van der Waals surface area (Å²) in [7, 11) is 1.84. The first-order valence-corrected chi connectivity index (χ1v) is 6.51. The number of anilines is 1. The maximum atomic E-state index is 12.4. The lowest BCUT2D eigenvalue weighted by Crippen LogP contribution is -2.35. The molecule has 1 amide bonds. The molecule has 0 spiro atoms. The van der Waals surface area contributed by atoms with E-state index in [1.807, 2.05) is 36.2 Å². The minimum atomic E-state index is -0.179. The van der Waals surface area contributed by atoms with Gasteiger partial charge in [-0.15, -0.1) is 0 Å². The van der Waals surface area contributed by atoms with Crippen molar-refractivity contribution in [2.24, 2.45) is 5.41 Å². The molecule has 0 aliphatic carbocycles. The van der Waals surface area contributed by atoms with Crippen LogP contribution in [0.1, 0.15) is 38.8 Å². The molecule has 1 aromatic carbocycles. The van der Waals surface area contributed by atoms with E-state index in [1.165, 1.54) is 0 Å². The molecule has 18 heavy (non-hydrogen) atoms. The molecule has 3 nitrogen and oxygen atoms in total. The van der Waals surface area contributed by atoms with Gasteiger partial charge in [0.15, 0.2) is 0 Å². The minimum absolute atomic E-state index is 0.169. The van der Waals surface area contributed by atoms with Crippen molar-refractivity contribution in [3.8, 4) is 0 Å². The second-order valence-electron chi connectivity index (χ2n) is 6.08. The Morgan fingerprint density at radius 2 is 1.94 bits per heavy atom. The summed E-state index contributed by atoms with van der Waals surface area (Å²) in [5, 5.41) is 3.11. The summed E-state index contributed by atoms with van der Waals surface area (Å²) in [4.78, 5) is 14.3. The zero-order valence-electron chi connectivity index (χ0n) is 11.7. The van der Waals surface area contributed by atoms with Gasteiger partial charge in [-0.05, 0) is 24.9 Å². The SMILES string of the molecule is CNC1C(=O)N(CCC(C)(C)C)c2ccccc21. The molecule has 0 saturated heterocycles. The Hall–Kier alpha value is -1.35. The first-order chi connectivity index (χ1) is 8.44. The van der Waals surface area contributed by atoms with E-state index in [1.54, 1.807) is 0 Å². The van der Waals surface area contributed by atoms with Crippen molar-refractivity contribution in [3.63, 3.8) is 0 Å². The van der Waals surface area contributed by atoms with Gasteiger partial charge in [0, 0.05) is 17.8 Å². The number of benzene rings is 1. The van der Waals surface area contributed by atoms with E-state index in [9.17, 15) is 4.79 Å². The van der Waals surface area contributed by atoms with Gasteiger partial charge in [-0.1, -0.05) is 39.0 Å². The van der Waals surface area contributed by atoms with Crippen LogP contribution in [0.4, 0.5) is 5.69 Å². The lowest BCUT2D eigenvalue weighted by Gasteiger charge is -2.24. The summed E-state index contributed by atoms with van der Waals surface area (Å²) in [5.74, 6) is 0.169. The molecule has 1 aromatic rings. The third kappa shape index (κ3) is 2.41. The van der Waals surface area contributed by atoms with Gasteiger partial charge < -0.3 is 10.2 Å². The molecule has 0 fully saturated rings. The molecule has 1 heterocycles. The van der Waals surface area contributed by atoms with Gasteiger partial charge in [-0.25, -0.2) is 0 Å². The smallest absolute Gasteiger partial charge is 0.248 e. The number of amides is 1. The first kappa shape index (κ1) is 13.1. The maximum Gasteiger partial charge on any atom is 0.248 e. The highest BCUT2D eigenvalue weighted by Gasteiger charge is 2.35. The van der Waals surface area contributed by atoms with E-state index >= 15 is 0 Å². The van der Waals surface area contributed by atoms with Crippen LogP contribution in [0.15, 0.2) is 24.3 Å². The summed E-state index contributed by atoms with van der Waals surface area (Å²) in [6, 6.07) is 7.87. The van der Waals surface area contributed by atoms with Crippen LogP contribution in [-0.4, -0.2) is 19.5 Å². The normalized spacial score (nSPS) is 19.2. The Bertz CT molecular complexity index is 448. The van der Waals surface area contributed by atoms with Crippen molar-refractivity contribution in [2.45, 2.75) is 33.2 Å². The van der Waals surface area contributed by atoms with Crippen LogP contribution in [0.2, 0.25) is 0 Å². The van der Waals surface area contributed by atoms with Crippen molar-refractivity contribution in [3.05, 3.63) is 29.8 Å². The van der Waals surface area contributed by atoms with Crippen LogP contribution in [0, 0.1) is 5.41 Å². The topological polar surface area (TPSA) is 32.3 Å². The summed E-state index contributed by atoms with van der Waals surface area (Å²) < 4.78 is 0. The van der Waals surface area contributed by atoms with Crippen LogP contribution in [0.5, 0.6) is 0 Å². The standard InChI is InChI=1S/C15H22N2O/c1-15(2,3)9-10-17-12-8-6-5-7-11(12)13(16-4)14(17)18/h5-8,13,16H,9-10H2,1-4H3. The van der Waals surface area contributed by atoms with Gasteiger partial charge in [0.1, 0.15) is 6.04 Å². The molecule has 0 radical (unpaired) electrons. The highest BCUT2D eigenvalue weighted by molar-refractivity contribution is 6.04. The van der Waals surface area contributed by atoms with E-state index in [4.69, 9.17) is 0 Å². The number of carbonyl (C=O) groups excluding carboxylic acids is 1. The summed E-state index contributed by atoms with van der Waals surface area (Å²) in [6.45, 7) is 7.40. The molecule has 1 N–H and O–H groups in total. The Morgan fingerprint density at radius 1 is 1.28 bits per heavy atom. The second kappa shape index (κ2) is 4.73. The van der Waals surface area contributed by atoms with Crippen molar-refractivity contribution in [1.29, 1.82) is 0 Å². The molecule has 1 aliphatic rings.